The SMILES string of the molecule is CCNCc1ccc(S(=O)(=O)Nc2ccc(C)cc2F)o1. The van der Waals surface area contributed by atoms with Gasteiger partial charge in [0.2, 0.25) is 5.09 Å². The minimum atomic E-state index is -3.94. The second-order valence-corrected chi connectivity index (χ2v) is 6.20. The van der Waals surface area contributed by atoms with Crippen LogP contribution < -0.4 is 10.0 Å². The quantitative estimate of drug-likeness (QED) is 0.860. The molecule has 0 bridgehead atoms. The summed E-state index contributed by atoms with van der Waals surface area (Å²) in [4.78, 5) is 0. The lowest BCUT2D eigenvalue weighted by Crippen LogP contribution is -2.13. The molecular weight excluding hydrogens is 295 g/mol. The largest absolute Gasteiger partial charge is 0.446 e. The van der Waals surface area contributed by atoms with E-state index in [1.165, 1.54) is 18.2 Å². The molecule has 0 saturated carbocycles. The Balaban J connectivity index is 2.19. The Kier molecular flexibility index (Phi) is 4.64. The third-order valence-corrected chi connectivity index (χ3v) is 4.06. The Morgan fingerprint density at radius 2 is 2.00 bits per heavy atom. The highest BCUT2D eigenvalue weighted by Gasteiger charge is 2.20. The number of halogens is 1. The van der Waals surface area contributed by atoms with E-state index < -0.39 is 15.8 Å². The van der Waals surface area contributed by atoms with Gasteiger partial charge in [0.1, 0.15) is 11.6 Å². The molecule has 0 aliphatic rings. The molecule has 0 amide bonds. The summed E-state index contributed by atoms with van der Waals surface area (Å²) in [5.74, 6) is -0.125. The maximum Gasteiger partial charge on any atom is 0.295 e. The lowest BCUT2D eigenvalue weighted by Gasteiger charge is -2.07. The van der Waals surface area contributed by atoms with Gasteiger partial charge in [0.25, 0.3) is 10.0 Å². The fraction of sp³-hybridized carbons (Fsp3) is 0.286. The summed E-state index contributed by atoms with van der Waals surface area (Å²) >= 11 is 0. The molecule has 114 valence electrons. The average molecular weight is 312 g/mol. The van der Waals surface area contributed by atoms with E-state index in [1.807, 2.05) is 6.92 Å². The molecule has 2 rings (SSSR count). The molecule has 0 fully saturated rings. The molecule has 21 heavy (non-hydrogen) atoms. The van der Waals surface area contributed by atoms with Crippen LogP contribution in [-0.4, -0.2) is 15.0 Å². The van der Waals surface area contributed by atoms with Gasteiger partial charge < -0.3 is 9.73 Å². The van der Waals surface area contributed by atoms with Crippen molar-refractivity contribution in [2.75, 3.05) is 11.3 Å². The van der Waals surface area contributed by atoms with Gasteiger partial charge >= 0.3 is 0 Å². The van der Waals surface area contributed by atoms with E-state index in [0.29, 0.717) is 17.9 Å². The lowest BCUT2D eigenvalue weighted by atomic mass is 10.2. The van der Waals surface area contributed by atoms with Crippen LogP contribution in [-0.2, 0) is 16.6 Å². The second-order valence-electron chi connectivity index (χ2n) is 4.59. The third kappa shape index (κ3) is 3.83. The number of rotatable bonds is 6. The average Bonchev–Trinajstić information content (AvgIpc) is 2.89. The molecule has 0 unspecified atom stereocenters. The van der Waals surface area contributed by atoms with Gasteiger partial charge in [-0.1, -0.05) is 13.0 Å². The van der Waals surface area contributed by atoms with Crippen LogP contribution in [0.1, 0.15) is 18.2 Å². The number of furan rings is 1. The topological polar surface area (TPSA) is 71.3 Å². The first-order chi connectivity index (χ1) is 9.92. The van der Waals surface area contributed by atoms with Crippen LogP contribution in [0.2, 0.25) is 0 Å². The summed E-state index contributed by atoms with van der Waals surface area (Å²) in [6.45, 7) is 4.84. The zero-order chi connectivity index (χ0) is 15.5. The van der Waals surface area contributed by atoms with Gasteiger partial charge in [0.05, 0.1) is 12.2 Å². The molecule has 2 N–H and O–H groups in total. The summed E-state index contributed by atoms with van der Waals surface area (Å²) in [5, 5.41) is 2.78. The fourth-order valence-corrected chi connectivity index (χ4v) is 2.76. The van der Waals surface area contributed by atoms with E-state index in [4.69, 9.17) is 4.42 Å². The number of sulfonamides is 1. The molecule has 0 atom stereocenters. The minimum absolute atomic E-state index is 0.106. The predicted molar refractivity (Wildman–Crippen MR) is 78.0 cm³/mol. The zero-order valence-corrected chi connectivity index (χ0v) is 12.6. The highest BCUT2D eigenvalue weighted by Crippen LogP contribution is 2.21. The second kappa shape index (κ2) is 6.28. The van der Waals surface area contributed by atoms with Crippen LogP contribution in [0.4, 0.5) is 10.1 Å². The molecule has 0 aliphatic carbocycles. The maximum atomic E-state index is 13.7. The Hall–Kier alpha value is -1.86. The molecule has 0 aliphatic heterocycles. The monoisotopic (exact) mass is 312 g/mol. The third-order valence-electron chi connectivity index (χ3n) is 2.82. The standard InChI is InChI=1S/C14H17FN2O3S/c1-3-16-9-11-5-7-14(20-11)21(18,19)17-13-6-4-10(2)8-12(13)15/h4-8,16-17H,3,9H2,1-2H3. The van der Waals surface area contributed by atoms with E-state index in [0.717, 1.165) is 6.54 Å². The summed E-state index contributed by atoms with van der Waals surface area (Å²) < 4.78 is 45.4. The number of nitrogens with one attached hydrogen (secondary N) is 2. The smallest absolute Gasteiger partial charge is 0.295 e. The van der Waals surface area contributed by atoms with Crippen molar-refractivity contribution in [2.24, 2.45) is 0 Å². The minimum Gasteiger partial charge on any atom is -0.446 e. The number of hydrogen-bond acceptors (Lipinski definition) is 4. The molecule has 1 aromatic heterocycles. The molecule has 7 heteroatoms. The Bertz CT molecular complexity index is 726. The van der Waals surface area contributed by atoms with E-state index in [9.17, 15) is 12.8 Å². The van der Waals surface area contributed by atoms with E-state index >= 15 is 0 Å². The van der Waals surface area contributed by atoms with Gasteiger partial charge in [0, 0.05) is 0 Å². The molecule has 0 spiro atoms. The van der Waals surface area contributed by atoms with Crippen LogP contribution >= 0.6 is 0 Å². The van der Waals surface area contributed by atoms with Crippen LogP contribution in [0.15, 0.2) is 39.8 Å². The van der Waals surface area contributed by atoms with Crippen molar-refractivity contribution in [2.45, 2.75) is 25.5 Å². The van der Waals surface area contributed by atoms with Crippen molar-refractivity contribution >= 4 is 15.7 Å². The van der Waals surface area contributed by atoms with Gasteiger partial charge in [0.15, 0.2) is 0 Å². The van der Waals surface area contributed by atoms with Crippen molar-refractivity contribution in [3.8, 4) is 0 Å². The van der Waals surface area contributed by atoms with Gasteiger partial charge in [-0.05, 0) is 43.3 Å². The van der Waals surface area contributed by atoms with Crippen molar-refractivity contribution in [3.05, 3.63) is 47.5 Å². The van der Waals surface area contributed by atoms with Gasteiger partial charge in [-0.2, -0.15) is 8.42 Å². The lowest BCUT2D eigenvalue weighted by molar-refractivity contribution is 0.405. The number of benzene rings is 1. The van der Waals surface area contributed by atoms with Crippen molar-refractivity contribution in [3.63, 3.8) is 0 Å². The fourth-order valence-electron chi connectivity index (χ4n) is 1.74. The Labute approximate surface area is 123 Å². The summed E-state index contributed by atoms with van der Waals surface area (Å²) in [6, 6.07) is 7.19. The molecule has 5 nitrogen and oxygen atoms in total. The normalized spacial score (nSPS) is 11.6. The molecular formula is C14H17FN2O3S. The van der Waals surface area contributed by atoms with Gasteiger partial charge in [-0.15, -0.1) is 0 Å². The molecule has 1 aromatic carbocycles. The van der Waals surface area contributed by atoms with Crippen LogP contribution in [0.5, 0.6) is 0 Å². The maximum absolute atomic E-state index is 13.7. The van der Waals surface area contributed by atoms with Crippen LogP contribution in [0.3, 0.4) is 0 Å². The highest BCUT2D eigenvalue weighted by molar-refractivity contribution is 7.92. The van der Waals surface area contributed by atoms with Crippen molar-refractivity contribution < 1.29 is 17.2 Å². The van der Waals surface area contributed by atoms with Crippen molar-refractivity contribution in [1.82, 2.24) is 5.32 Å². The summed E-state index contributed by atoms with van der Waals surface area (Å²) in [7, 11) is -3.94. The van der Waals surface area contributed by atoms with Crippen molar-refractivity contribution in [1.29, 1.82) is 0 Å². The number of hydrogen-bond donors (Lipinski definition) is 2. The van der Waals surface area contributed by atoms with E-state index in [2.05, 4.69) is 10.0 Å². The Morgan fingerprint density at radius 3 is 2.67 bits per heavy atom. The van der Waals surface area contributed by atoms with E-state index in [-0.39, 0.29) is 10.8 Å². The zero-order valence-electron chi connectivity index (χ0n) is 11.8. The summed E-state index contributed by atoms with van der Waals surface area (Å²) in [5.41, 5.74) is 0.603. The Morgan fingerprint density at radius 1 is 1.24 bits per heavy atom. The van der Waals surface area contributed by atoms with Gasteiger partial charge in [-0.25, -0.2) is 4.39 Å². The first-order valence-corrected chi connectivity index (χ1v) is 7.99. The molecule has 1 heterocycles. The molecule has 0 saturated heterocycles. The molecule has 0 radical (unpaired) electrons. The highest BCUT2D eigenvalue weighted by atomic mass is 32.2. The predicted octanol–water partition coefficient (Wildman–Crippen LogP) is 2.64. The first kappa shape index (κ1) is 15.5. The summed E-state index contributed by atoms with van der Waals surface area (Å²) in [6.07, 6.45) is 0. The van der Waals surface area contributed by atoms with Gasteiger partial charge in [-0.3, -0.25) is 4.72 Å². The van der Waals surface area contributed by atoms with Crippen LogP contribution in [0, 0.1) is 12.7 Å². The number of anilines is 1. The van der Waals surface area contributed by atoms with E-state index in [1.54, 1.807) is 19.1 Å². The van der Waals surface area contributed by atoms with Crippen LogP contribution in [0.25, 0.3) is 0 Å². The molecule has 2 aromatic rings. The first-order valence-electron chi connectivity index (χ1n) is 6.51. The number of aryl methyl sites for hydroxylation is 1.